The van der Waals surface area contributed by atoms with Gasteiger partial charge in [0.1, 0.15) is 0 Å². The summed E-state index contributed by atoms with van der Waals surface area (Å²) in [6.45, 7) is 0. The summed E-state index contributed by atoms with van der Waals surface area (Å²) in [7, 11) is -9.82. The van der Waals surface area contributed by atoms with E-state index in [1.54, 1.807) is 0 Å². The average Bonchev–Trinajstić information content (AvgIpc) is 2.69. The zero-order chi connectivity index (χ0) is 20.8. The van der Waals surface area contributed by atoms with Gasteiger partial charge in [-0.1, -0.05) is 0 Å². The molecule has 0 aromatic rings. The second-order valence-electron chi connectivity index (χ2n) is 4.45. The predicted molar refractivity (Wildman–Crippen MR) is 94.1 cm³/mol. The summed E-state index contributed by atoms with van der Waals surface area (Å²) in [5.41, 5.74) is 0. The van der Waals surface area contributed by atoms with Crippen LogP contribution in [0, 0.1) is 0 Å². The first-order valence-corrected chi connectivity index (χ1v) is 13.3. The minimum atomic E-state index is -4.43. The van der Waals surface area contributed by atoms with Gasteiger partial charge in [-0.2, -0.15) is 0 Å². The smallest absolute Gasteiger partial charge is 0.311 e. The molecule has 0 spiro atoms. The molecule has 0 aromatic heterocycles. The van der Waals surface area contributed by atoms with E-state index in [0.717, 1.165) is 56.9 Å². The Morgan fingerprint density at radius 1 is 0.385 bits per heavy atom. The Labute approximate surface area is 153 Å². The van der Waals surface area contributed by atoms with Crippen molar-refractivity contribution in [3.8, 4) is 0 Å². The number of hydrogen-bond donors (Lipinski definition) is 0. The number of hydrogen-bond acceptors (Lipinski definition) is 12. The monoisotopic (exact) mass is 462 g/mol. The summed E-state index contributed by atoms with van der Waals surface area (Å²) in [6.07, 6.45) is 0. The molecule has 0 aromatic carbocycles. The van der Waals surface area contributed by atoms with Crippen molar-refractivity contribution >= 4 is 30.4 Å². The van der Waals surface area contributed by atoms with Crippen LogP contribution >= 0.6 is 30.4 Å². The molecule has 0 N–H and O–H groups in total. The van der Waals surface area contributed by atoms with Gasteiger partial charge in [0.05, 0.1) is 0 Å². The van der Waals surface area contributed by atoms with Crippen molar-refractivity contribution in [2.24, 2.45) is 0 Å². The first-order valence-electron chi connectivity index (χ1n) is 6.82. The highest BCUT2D eigenvalue weighted by Crippen LogP contribution is 2.82. The SMILES string of the molecule is COP(=O)(OC)C(C(P(=O)(OC)OC)P(=O)(OC)OC)P(=O)(OC)OC. The zero-order valence-electron chi connectivity index (χ0n) is 15.8. The van der Waals surface area contributed by atoms with Crippen LogP contribution in [0.4, 0.5) is 0 Å². The van der Waals surface area contributed by atoms with Crippen molar-refractivity contribution < 1.29 is 54.5 Å². The third-order valence-corrected chi connectivity index (χ3v) is 15.8. The van der Waals surface area contributed by atoms with Crippen molar-refractivity contribution in [2.75, 3.05) is 56.9 Å². The molecule has 0 bridgehead atoms. The molecule has 0 aliphatic carbocycles. The quantitative estimate of drug-likeness (QED) is 0.369. The summed E-state index contributed by atoms with van der Waals surface area (Å²) in [5, 5.41) is -4.06. The third-order valence-electron chi connectivity index (χ3n) is 3.60. The largest absolute Gasteiger partial charge is 0.346 e. The van der Waals surface area contributed by atoms with E-state index in [4.69, 9.17) is 36.2 Å². The van der Waals surface area contributed by atoms with Crippen LogP contribution in [-0.4, -0.2) is 67.7 Å². The molecule has 12 nitrogen and oxygen atoms in total. The lowest BCUT2D eigenvalue weighted by molar-refractivity contribution is 0.224. The van der Waals surface area contributed by atoms with Gasteiger partial charge in [-0.05, 0) is 0 Å². The van der Waals surface area contributed by atoms with Gasteiger partial charge < -0.3 is 36.2 Å². The first kappa shape index (κ1) is 26.6. The predicted octanol–water partition coefficient (Wildman–Crippen LogP) is 3.58. The fourth-order valence-corrected chi connectivity index (χ4v) is 14.7. The Balaban J connectivity index is 7.14. The molecular formula is C10H26O12P4. The van der Waals surface area contributed by atoms with E-state index < -0.39 is 41.2 Å². The highest BCUT2D eigenvalue weighted by molar-refractivity contribution is 7.80. The van der Waals surface area contributed by atoms with Crippen molar-refractivity contribution in [3.63, 3.8) is 0 Å². The van der Waals surface area contributed by atoms with E-state index in [1.807, 2.05) is 0 Å². The molecule has 0 saturated heterocycles. The third kappa shape index (κ3) is 4.95. The van der Waals surface area contributed by atoms with Gasteiger partial charge in [-0.15, -0.1) is 0 Å². The van der Waals surface area contributed by atoms with Crippen LogP contribution in [-0.2, 0) is 54.5 Å². The van der Waals surface area contributed by atoms with Gasteiger partial charge in [0.25, 0.3) is 0 Å². The lowest BCUT2D eigenvalue weighted by Gasteiger charge is -2.38. The molecule has 16 heteroatoms. The van der Waals surface area contributed by atoms with Crippen molar-refractivity contribution in [1.82, 2.24) is 0 Å². The van der Waals surface area contributed by atoms with Gasteiger partial charge in [-0.3, -0.25) is 18.3 Å². The van der Waals surface area contributed by atoms with E-state index in [1.165, 1.54) is 0 Å². The summed E-state index contributed by atoms with van der Waals surface area (Å²) in [5.74, 6) is 0. The average molecular weight is 462 g/mol. The van der Waals surface area contributed by atoms with E-state index in [9.17, 15) is 18.3 Å². The maximum absolute atomic E-state index is 13.2. The van der Waals surface area contributed by atoms with Crippen molar-refractivity contribution in [3.05, 3.63) is 0 Å². The molecule has 0 fully saturated rings. The molecule has 158 valence electrons. The second-order valence-corrected chi connectivity index (χ2v) is 14.7. The van der Waals surface area contributed by atoms with Crippen LogP contribution < -0.4 is 0 Å². The first-order chi connectivity index (χ1) is 12.0. The van der Waals surface area contributed by atoms with E-state index in [2.05, 4.69) is 0 Å². The molecule has 0 aliphatic rings. The standard InChI is InChI=1S/C10H26O12P4/c1-15-23(11,16-2)9(24(12,17-3)18-4)10(25(13,19-5)20-6)26(14,21-7)22-8/h9-10H,1-8H3. The fraction of sp³-hybridized carbons (Fsp3) is 1.00. The van der Waals surface area contributed by atoms with Crippen molar-refractivity contribution in [1.29, 1.82) is 0 Å². The van der Waals surface area contributed by atoms with Crippen LogP contribution in [0.25, 0.3) is 0 Å². The Morgan fingerprint density at radius 2 is 0.500 bits per heavy atom. The molecule has 0 atom stereocenters. The Morgan fingerprint density at radius 3 is 0.577 bits per heavy atom. The minimum Gasteiger partial charge on any atom is -0.311 e. The molecule has 0 aliphatic heterocycles. The Bertz CT molecular complexity index is 498. The van der Waals surface area contributed by atoms with Crippen LogP contribution in [0.5, 0.6) is 0 Å². The molecule has 0 rings (SSSR count). The van der Waals surface area contributed by atoms with E-state index >= 15 is 0 Å². The summed E-state index contributed by atoms with van der Waals surface area (Å²) < 4.78 is 91.8. The van der Waals surface area contributed by atoms with Gasteiger partial charge in [0.15, 0.2) is 10.8 Å². The van der Waals surface area contributed by atoms with Gasteiger partial charge >= 0.3 is 30.4 Å². The fourth-order valence-electron chi connectivity index (χ4n) is 2.16. The summed E-state index contributed by atoms with van der Waals surface area (Å²) in [6, 6.07) is 0. The second kappa shape index (κ2) is 10.4. The number of rotatable bonds is 13. The van der Waals surface area contributed by atoms with Crippen LogP contribution in [0.3, 0.4) is 0 Å². The molecule has 26 heavy (non-hydrogen) atoms. The molecule has 0 heterocycles. The highest BCUT2D eigenvalue weighted by Gasteiger charge is 2.67. The maximum Gasteiger partial charge on any atom is 0.346 e. The lowest BCUT2D eigenvalue weighted by atomic mass is 10.9. The molecular weight excluding hydrogens is 436 g/mol. The van der Waals surface area contributed by atoms with Crippen LogP contribution in [0.1, 0.15) is 0 Å². The topological polar surface area (TPSA) is 142 Å². The molecule has 0 radical (unpaired) electrons. The lowest BCUT2D eigenvalue weighted by Crippen LogP contribution is -2.31. The van der Waals surface area contributed by atoms with Gasteiger partial charge in [-0.25, -0.2) is 0 Å². The van der Waals surface area contributed by atoms with Crippen LogP contribution in [0.2, 0.25) is 0 Å². The summed E-state index contributed by atoms with van der Waals surface area (Å²) in [4.78, 5) is 0. The van der Waals surface area contributed by atoms with E-state index in [-0.39, 0.29) is 0 Å². The van der Waals surface area contributed by atoms with E-state index in [0.29, 0.717) is 0 Å². The van der Waals surface area contributed by atoms with Crippen LogP contribution in [0.15, 0.2) is 0 Å². The Hall–Kier alpha value is 0.600. The molecule has 0 unspecified atom stereocenters. The molecule has 0 amide bonds. The van der Waals surface area contributed by atoms with Crippen molar-refractivity contribution in [2.45, 2.75) is 10.8 Å². The highest BCUT2D eigenvalue weighted by atomic mass is 31.3. The zero-order valence-corrected chi connectivity index (χ0v) is 19.4. The minimum absolute atomic E-state index is 0.985. The van der Waals surface area contributed by atoms with Gasteiger partial charge in [0.2, 0.25) is 0 Å². The normalized spacial score (nSPS) is 14.4. The molecule has 0 saturated carbocycles. The maximum atomic E-state index is 13.2. The van der Waals surface area contributed by atoms with Gasteiger partial charge in [0, 0.05) is 56.9 Å². The Kier molecular flexibility index (Phi) is 10.6. The summed E-state index contributed by atoms with van der Waals surface area (Å²) >= 11 is 0.